The maximum atomic E-state index is 8.91. The minimum atomic E-state index is 0.145. The number of benzene rings is 2. The van der Waals surface area contributed by atoms with Crippen molar-refractivity contribution in [3.63, 3.8) is 0 Å². The van der Waals surface area contributed by atoms with Gasteiger partial charge in [0, 0.05) is 29.7 Å². The van der Waals surface area contributed by atoms with Crippen LogP contribution in [0.2, 0.25) is 0 Å². The molecule has 4 nitrogen and oxygen atoms in total. The Morgan fingerprint density at radius 3 is 2.45 bits per heavy atom. The summed E-state index contributed by atoms with van der Waals surface area (Å²) in [7, 11) is 0. The smallest absolute Gasteiger partial charge is 0.170 e. The second-order valence-electron chi connectivity index (χ2n) is 4.74. The molecule has 2 aromatic rings. The predicted molar refractivity (Wildman–Crippen MR) is 84.6 cm³/mol. The molecule has 20 heavy (non-hydrogen) atoms. The van der Waals surface area contributed by atoms with Crippen molar-refractivity contribution < 1.29 is 5.21 Å². The van der Waals surface area contributed by atoms with Crippen LogP contribution in [0.1, 0.15) is 25.8 Å². The molecule has 0 aliphatic carbocycles. The average Bonchev–Trinajstić information content (AvgIpc) is 2.51. The Labute approximate surface area is 119 Å². The van der Waals surface area contributed by atoms with Gasteiger partial charge in [-0.2, -0.15) is 0 Å². The quantitative estimate of drug-likeness (QED) is 0.380. The number of hydrogen-bond donors (Lipinski definition) is 2. The first-order valence-corrected chi connectivity index (χ1v) is 6.97. The van der Waals surface area contributed by atoms with E-state index in [1.54, 1.807) is 0 Å². The number of nitrogens with two attached hydrogens (primary N) is 1. The van der Waals surface area contributed by atoms with E-state index in [0.29, 0.717) is 0 Å². The monoisotopic (exact) mass is 271 g/mol. The molecule has 0 spiro atoms. The van der Waals surface area contributed by atoms with Crippen LogP contribution < -0.4 is 10.6 Å². The third-order valence-electron chi connectivity index (χ3n) is 3.50. The van der Waals surface area contributed by atoms with Crippen LogP contribution in [0.5, 0.6) is 0 Å². The Hall–Kier alpha value is -2.23. The predicted octanol–water partition coefficient (Wildman–Crippen LogP) is 3.17. The van der Waals surface area contributed by atoms with Crippen molar-refractivity contribution in [1.82, 2.24) is 0 Å². The number of amidine groups is 1. The highest BCUT2D eigenvalue weighted by molar-refractivity contribution is 6.11. The zero-order chi connectivity index (χ0) is 14.5. The van der Waals surface area contributed by atoms with Gasteiger partial charge in [0.25, 0.3) is 0 Å². The van der Waals surface area contributed by atoms with E-state index in [1.807, 2.05) is 24.3 Å². The lowest BCUT2D eigenvalue weighted by atomic mass is 10.0. The Kier molecular flexibility index (Phi) is 4.45. The summed E-state index contributed by atoms with van der Waals surface area (Å²) in [6.45, 7) is 6.31. The molecule has 2 rings (SSSR count). The van der Waals surface area contributed by atoms with Gasteiger partial charge in [0.2, 0.25) is 0 Å². The van der Waals surface area contributed by atoms with E-state index in [-0.39, 0.29) is 5.84 Å². The fourth-order valence-corrected chi connectivity index (χ4v) is 2.55. The van der Waals surface area contributed by atoms with Crippen molar-refractivity contribution in [2.75, 3.05) is 18.0 Å². The molecule has 0 saturated carbocycles. The molecule has 4 heteroatoms. The summed E-state index contributed by atoms with van der Waals surface area (Å²) in [6.07, 6.45) is 1.10. The SMILES string of the molecule is CCCN(CC)c1ccc(/C(N)=N/O)c2ccccc12. The van der Waals surface area contributed by atoms with E-state index in [2.05, 4.69) is 36.0 Å². The Morgan fingerprint density at radius 2 is 1.85 bits per heavy atom. The van der Waals surface area contributed by atoms with E-state index >= 15 is 0 Å². The average molecular weight is 271 g/mol. The van der Waals surface area contributed by atoms with Crippen LogP contribution in [0.15, 0.2) is 41.6 Å². The zero-order valence-corrected chi connectivity index (χ0v) is 12.0. The maximum Gasteiger partial charge on any atom is 0.170 e. The fourth-order valence-electron chi connectivity index (χ4n) is 2.55. The van der Waals surface area contributed by atoms with E-state index in [9.17, 15) is 0 Å². The molecule has 0 unspecified atom stereocenters. The normalized spacial score (nSPS) is 11.8. The lowest BCUT2D eigenvalue weighted by molar-refractivity contribution is 0.318. The van der Waals surface area contributed by atoms with Gasteiger partial charge in [-0.05, 0) is 30.9 Å². The van der Waals surface area contributed by atoms with Crippen LogP contribution >= 0.6 is 0 Å². The van der Waals surface area contributed by atoms with Gasteiger partial charge in [0.15, 0.2) is 5.84 Å². The van der Waals surface area contributed by atoms with E-state index < -0.39 is 0 Å². The van der Waals surface area contributed by atoms with Gasteiger partial charge in [-0.15, -0.1) is 0 Å². The number of hydrogen-bond acceptors (Lipinski definition) is 3. The van der Waals surface area contributed by atoms with Crippen LogP contribution in [-0.2, 0) is 0 Å². The summed E-state index contributed by atoms with van der Waals surface area (Å²) in [5, 5.41) is 14.2. The van der Waals surface area contributed by atoms with Crippen LogP contribution in [0.3, 0.4) is 0 Å². The number of rotatable bonds is 5. The third kappa shape index (κ3) is 2.54. The molecule has 0 amide bonds. The number of fused-ring (bicyclic) bond motifs is 1. The van der Waals surface area contributed by atoms with Crippen molar-refractivity contribution in [2.45, 2.75) is 20.3 Å². The summed E-state index contributed by atoms with van der Waals surface area (Å²) in [5.74, 6) is 0.145. The molecule has 0 aliphatic rings. The molecule has 0 aliphatic heterocycles. The summed E-state index contributed by atoms with van der Waals surface area (Å²) in [4.78, 5) is 2.35. The zero-order valence-electron chi connectivity index (χ0n) is 12.0. The van der Waals surface area contributed by atoms with Crippen LogP contribution in [-0.4, -0.2) is 24.1 Å². The van der Waals surface area contributed by atoms with E-state index in [4.69, 9.17) is 10.9 Å². The molecule has 2 aromatic carbocycles. The van der Waals surface area contributed by atoms with Gasteiger partial charge in [-0.1, -0.05) is 36.3 Å². The molecule has 0 saturated heterocycles. The molecule has 0 radical (unpaired) electrons. The van der Waals surface area contributed by atoms with Gasteiger partial charge in [0.1, 0.15) is 0 Å². The number of anilines is 1. The first-order valence-electron chi connectivity index (χ1n) is 6.97. The van der Waals surface area contributed by atoms with Crippen LogP contribution in [0.25, 0.3) is 10.8 Å². The topological polar surface area (TPSA) is 61.8 Å². The molecule has 3 N–H and O–H groups in total. The first-order chi connectivity index (χ1) is 9.72. The molecule has 0 fully saturated rings. The second-order valence-corrected chi connectivity index (χ2v) is 4.74. The summed E-state index contributed by atoms with van der Waals surface area (Å²) < 4.78 is 0. The van der Waals surface area contributed by atoms with Crippen molar-refractivity contribution in [2.24, 2.45) is 10.9 Å². The van der Waals surface area contributed by atoms with Crippen LogP contribution in [0.4, 0.5) is 5.69 Å². The highest BCUT2D eigenvalue weighted by Crippen LogP contribution is 2.29. The maximum absolute atomic E-state index is 8.91. The Bertz CT molecular complexity index is 622. The second kappa shape index (κ2) is 6.28. The molecular formula is C16H21N3O. The third-order valence-corrected chi connectivity index (χ3v) is 3.50. The van der Waals surface area contributed by atoms with E-state index in [0.717, 1.165) is 35.8 Å². The highest BCUT2D eigenvalue weighted by Gasteiger charge is 2.12. The van der Waals surface area contributed by atoms with Crippen LogP contribution in [0, 0.1) is 0 Å². The van der Waals surface area contributed by atoms with Crippen molar-refractivity contribution in [3.05, 3.63) is 42.0 Å². The molecule has 106 valence electrons. The lowest BCUT2D eigenvalue weighted by Gasteiger charge is -2.24. The molecule has 0 heterocycles. The Balaban J connectivity index is 2.65. The summed E-state index contributed by atoms with van der Waals surface area (Å²) >= 11 is 0. The van der Waals surface area contributed by atoms with Gasteiger partial charge >= 0.3 is 0 Å². The van der Waals surface area contributed by atoms with Gasteiger partial charge in [-0.3, -0.25) is 0 Å². The van der Waals surface area contributed by atoms with Gasteiger partial charge in [-0.25, -0.2) is 0 Å². The van der Waals surface area contributed by atoms with E-state index in [1.165, 1.54) is 5.69 Å². The minimum Gasteiger partial charge on any atom is -0.409 e. The molecular weight excluding hydrogens is 250 g/mol. The standard InChI is InChI=1S/C16H21N3O/c1-3-11-19(4-2)15-10-9-14(16(17)18-20)12-7-5-6-8-13(12)15/h5-10,20H,3-4,11H2,1-2H3,(H2,17,18). The fraction of sp³-hybridized carbons (Fsp3) is 0.312. The minimum absolute atomic E-state index is 0.145. The lowest BCUT2D eigenvalue weighted by Crippen LogP contribution is -2.24. The number of oxime groups is 1. The van der Waals surface area contributed by atoms with Crippen molar-refractivity contribution in [3.8, 4) is 0 Å². The van der Waals surface area contributed by atoms with Crippen molar-refractivity contribution >= 4 is 22.3 Å². The van der Waals surface area contributed by atoms with Gasteiger partial charge in [0.05, 0.1) is 0 Å². The molecule has 0 aromatic heterocycles. The van der Waals surface area contributed by atoms with Gasteiger partial charge < -0.3 is 15.8 Å². The Morgan fingerprint density at radius 1 is 1.15 bits per heavy atom. The highest BCUT2D eigenvalue weighted by atomic mass is 16.4. The molecule has 0 atom stereocenters. The summed E-state index contributed by atoms with van der Waals surface area (Å²) in [5.41, 5.74) is 7.72. The van der Waals surface area contributed by atoms with Crippen molar-refractivity contribution in [1.29, 1.82) is 0 Å². The first kappa shape index (κ1) is 14.2. The largest absolute Gasteiger partial charge is 0.409 e. The molecule has 0 bridgehead atoms. The summed E-state index contributed by atoms with van der Waals surface area (Å²) in [6, 6.07) is 12.0. The number of nitrogens with zero attached hydrogens (tertiary/aromatic N) is 2.